The molecule has 53 heavy (non-hydrogen) atoms. The Balaban J connectivity index is 1.26. The van der Waals surface area contributed by atoms with Crippen molar-refractivity contribution in [2.45, 2.75) is 77.8 Å². The average molecular weight is 728 g/mol. The van der Waals surface area contributed by atoms with Gasteiger partial charge in [0.1, 0.15) is 17.9 Å². The van der Waals surface area contributed by atoms with Crippen molar-refractivity contribution in [3.05, 3.63) is 77.4 Å². The third-order valence-electron chi connectivity index (χ3n) is 12.4. The zero-order chi connectivity index (χ0) is 38.2. The minimum absolute atomic E-state index is 0.0358. The maximum Gasteiger partial charge on any atom is 0.251 e. The van der Waals surface area contributed by atoms with Crippen molar-refractivity contribution in [3.63, 3.8) is 0 Å². The molecule has 3 saturated carbocycles. The molecule has 286 valence electrons. The van der Waals surface area contributed by atoms with Crippen LogP contribution in [0, 0.1) is 29.1 Å². The molecule has 3 aliphatic carbocycles. The molecule has 0 spiro atoms. The van der Waals surface area contributed by atoms with Gasteiger partial charge in [-0.1, -0.05) is 57.2 Å². The van der Waals surface area contributed by atoms with E-state index in [0.717, 1.165) is 34.4 Å². The van der Waals surface area contributed by atoms with Gasteiger partial charge in [0.15, 0.2) is 0 Å². The zero-order valence-corrected chi connectivity index (χ0v) is 32.1. The fraction of sp³-hybridized carbons (Fsp3) is 0.524. The Kier molecular flexibility index (Phi) is 11.4. The van der Waals surface area contributed by atoms with Gasteiger partial charge in [0.05, 0.1) is 26.4 Å². The first-order valence-electron chi connectivity index (χ1n) is 18.9. The third-order valence-corrected chi connectivity index (χ3v) is 12.4. The van der Waals surface area contributed by atoms with Crippen LogP contribution in [0.4, 0.5) is 11.4 Å². The number of nitrogen functional groups attached to an aromatic ring is 1. The van der Waals surface area contributed by atoms with E-state index in [1.54, 1.807) is 19.1 Å². The summed E-state index contributed by atoms with van der Waals surface area (Å²) in [6, 6.07) is 18.3. The molecule has 0 unspecified atom stereocenters. The molecule has 7 rings (SSSR count). The Morgan fingerprint density at radius 2 is 1.83 bits per heavy atom. The molecule has 3 aromatic carbocycles. The van der Waals surface area contributed by atoms with Gasteiger partial charge in [-0.15, -0.1) is 0 Å². The highest BCUT2D eigenvalue weighted by Gasteiger charge is 2.57. The number of amides is 2. The smallest absolute Gasteiger partial charge is 0.251 e. The number of methoxy groups -OCH3 is 1. The van der Waals surface area contributed by atoms with Crippen molar-refractivity contribution in [1.82, 2.24) is 15.7 Å². The summed E-state index contributed by atoms with van der Waals surface area (Å²) in [5.41, 5.74) is 11.7. The lowest BCUT2D eigenvalue weighted by Gasteiger charge is -2.62. The highest BCUT2D eigenvalue weighted by Crippen LogP contribution is 2.61. The minimum Gasteiger partial charge on any atom is -0.496 e. The summed E-state index contributed by atoms with van der Waals surface area (Å²) in [7, 11) is 5.45. The lowest BCUT2D eigenvalue weighted by Crippen LogP contribution is -2.62. The highest BCUT2D eigenvalue weighted by atomic mass is 16.7. The monoisotopic (exact) mass is 727 g/mol. The van der Waals surface area contributed by atoms with Gasteiger partial charge >= 0.3 is 0 Å². The number of hydrogen-bond acceptors (Lipinski definition) is 9. The normalized spacial score (nSPS) is 26.7. The van der Waals surface area contributed by atoms with Crippen molar-refractivity contribution in [3.8, 4) is 16.9 Å². The van der Waals surface area contributed by atoms with Crippen molar-refractivity contribution in [1.29, 1.82) is 0 Å². The molecule has 6 N–H and O–H groups in total. The number of fused-ring (bicyclic) bond motifs is 2. The van der Waals surface area contributed by atoms with Gasteiger partial charge in [-0.2, -0.15) is 5.06 Å². The molecule has 1 heterocycles. The Labute approximate surface area is 313 Å². The van der Waals surface area contributed by atoms with E-state index in [1.807, 2.05) is 79.7 Å². The highest BCUT2D eigenvalue weighted by molar-refractivity contribution is 5.97. The van der Waals surface area contributed by atoms with Crippen LogP contribution in [0.15, 0.2) is 60.7 Å². The van der Waals surface area contributed by atoms with E-state index in [9.17, 15) is 19.8 Å². The summed E-state index contributed by atoms with van der Waals surface area (Å²) in [4.78, 5) is 35.9. The predicted octanol–water partition coefficient (Wildman–Crippen LogP) is 4.64. The number of rotatable bonds is 13. The van der Waals surface area contributed by atoms with Gasteiger partial charge in [-0.3, -0.25) is 14.4 Å². The first-order valence-corrected chi connectivity index (χ1v) is 18.9. The summed E-state index contributed by atoms with van der Waals surface area (Å²) in [5.74, 6) is 0.974. The SMILES string of the molecule is COc1c(CN2O[C@@H](CO)[C@@H]([C@H](C)O)[C@H]2C(=O)N[C@H]2C[C@@H]3C[C@H]([C@@H]2C)C3(C)C)cccc1-c1cc(C(=O)NCCc2ccccc2N)cc(N(C)C)c1. The lowest BCUT2D eigenvalue weighted by molar-refractivity contribution is -0.183. The number of nitrogens with zero attached hydrogens (tertiary/aromatic N) is 2. The summed E-state index contributed by atoms with van der Waals surface area (Å²) in [6.07, 6.45) is 1.08. The molecular weight excluding hydrogens is 670 g/mol. The third kappa shape index (κ3) is 7.62. The summed E-state index contributed by atoms with van der Waals surface area (Å²) in [5, 5.41) is 29.2. The standard InChI is InChI=1S/C42H57N5O6/c1-24-33-20-30(42(33,3)4)21-35(24)45-41(51)38-37(25(2)49)36(23-48)53-47(38)22-27-12-10-13-32(39(27)52-7)28-17-29(19-31(18-28)46(5)6)40(50)44-16-15-26-11-8-9-14-34(26)43/h8-14,17-19,24-25,30,33,35-38,48-49H,15-16,20-23,43H2,1-7H3,(H,44,50)(H,45,51)/t24-,25-,30-,33+,35-,36-,37+,38-/m0/s1. The van der Waals surface area contributed by atoms with Crippen molar-refractivity contribution >= 4 is 23.2 Å². The second kappa shape index (κ2) is 15.7. The van der Waals surface area contributed by atoms with Crippen LogP contribution in [0.1, 0.15) is 62.0 Å². The number of ether oxygens (including phenoxy) is 1. The zero-order valence-electron chi connectivity index (χ0n) is 32.1. The van der Waals surface area contributed by atoms with Crippen LogP contribution in [-0.2, 0) is 22.6 Å². The first kappa shape index (κ1) is 38.6. The molecule has 0 aromatic heterocycles. The predicted molar refractivity (Wildman–Crippen MR) is 207 cm³/mol. The molecule has 1 aliphatic heterocycles. The van der Waals surface area contributed by atoms with Gasteiger partial charge in [0.25, 0.3) is 5.91 Å². The number of nitrogens with two attached hydrogens (primary N) is 1. The minimum atomic E-state index is -0.902. The average Bonchev–Trinajstić information content (AvgIpc) is 3.51. The summed E-state index contributed by atoms with van der Waals surface area (Å²) >= 11 is 0. The molecule has 11 nitrogen and oxygen atoms in total. The number of carbonyl (C=O) groups excluding carboxylic acids is 2. The quantitative estimate of drug-likeness (QED) is 0.159. The molecule has 11 heteroatoms. The number of carbonyl (C=O) groups is 2. The van der Waals surface area contributed by atoms with Crippen LogP contribution < -0.4 is 26.0 Å². The molecule has 0 radical (unpaired) electrons. The van der Waals surface area contributed by atoms with Crippen molar-refractivity contribution in [2.75, 3.05) is 45.0 Å². The van der Waals surface area contributed by atoms with E-state index < -0.39 is 24.2 Å². The van der Waals surface area contributed by atoms with Crippen LogP contribution in [0.3, 0.4) is 0 Å². The Morgan fingerprint density at radius 1 is 1.09 bits per heavy atom. The number of para-hydroxylation sites is 2. The van der Waals surface area contributed by atoms with Crippen LogP contribution in [0.5, 0.6) is 5.75 Å². The van der Waals surface area contributed by atoms with Crippen LogP contribution >= 0.6 is 0 Å². The summed E-state index contributed by atoms with van der Waals surface area (Å²) in [6.45, 7) is 8.80. The molecule has 2 bridgehead atoms. The maximum atomic E-state index is 14.2. The van der Waals surface area contributed by atoms with Gasteiger partial charge in [0.2, 0.25) is 5.91 Å². The van der Waals surface area contributed by atoms with E-state index in [1.165, 1.54) is 6.42 Å². The molecule has 2 amide bonds. The van der Waals surface area contributed by atoms with Crippen LogP contribution in [0.2, 0.25) is 0 Å². The number of aliphatic hydroxyl groups excluding tert-OH is 2. The fourth-order valence-corrected chi connectivity index (χ4v) is 9.16. The van der Waals surface area contributed by atoms with E-state index in [2.05, 4.69) is 31.4 Å². The van der Waals surface area contributed by atoms with E-state index >= 15 is 0 Å². The van der Waals surface area contributed by atoms with Gasteiger partial charge in [0, 0.05) is 60.7 Å². The number of hydrogen-bond donors (Lipinski definition) is 5. The van der Waals surface area contributed by atoms with E-state index in [4.69, 9.17) is 15.3 Å². The summed E-state index contributed by atoms with van der Waals surface area (Å²) < 4.78 is 6.05. The fourth-order valence-electron chi connectivity index (χ4n) is 9.16. The number of aliphatic hydroxyl groups is 2. The van der Waals surface area contributed by atoms with Crippen molar-refractivity contribution in [2.24, 2.45) is 29.1 Å². The Hall–Kier alpha value is -4.16. The van der Waals surface area contributed by atoms with E-state index in [0.29, 0.717) is 47.7 Å². The first-order chi connectivity index (χ1) is 25.2. The maximum absolute atomic E-state index is 14.2. The number of benzene rings is 3. The molecule has 1 saturated heterocycles. The van der Waals surface area contributed by atoms with Gasteiger partial charge in [-0.05, 0) is 84.7 Å². The van der Waals surface area contributed by atoms with Gasteiger partial charge < -0.3 is 36.2 Å². The van der Waals surface area contributed by atoms with Crippen molar-refractivity contribution < 1.29 is 29.4 Å². The Bertz CT molecular complexity index is 1800. The number of hydroxylamine groups is 2. The molecular formula is C42H57N5O6. The lowest BCUT2D eigenvalue weighted by atomic mass is 9.45. The topological polar surface area (TPSA) is 150 Å². The largest absolute Gasteiger partial charge is 0.496 e. The van der Waals surface area contributed by atoms with Gasteiger partial charge in [-0.25, -0.2) is 0 Å². The van der Waals surface area contributed by atoms with Crippen LogP contribution in [0.25, 0.3) is 11.1 Å². The molecule has 4 fully saturated rings. The second-order valence-corrected chi connectivity index (χ2v) is 16.1. The Morgan fingerprint density at radius 3 is 2.47 bits per heavy atom. The number of anilines is 2. The number of nitrogens with one attached hydrogen (secondary N) is 2. The second-order valence-electron chi connectivity index (χ2n) is 16.1. The van der Waals surface area contributed by atoms with E-state index in [-0.39, 0.29) is 36.4 Å². The van der Waals surface area contributed by atoms with Crippen LogP contribution in [-0.4, -0.2) is 85.7 Å². The molecule has 3 aromatic rings. The molecule has 8 atom stereocenters. The molecule has 4 aliphatic rings.